The Labute approximate surface area is 662 Å². The van der Waals surface area contributed by atoms with Crippen molar-refractivity contribution in [1.29, 1.82) is 0 Å². The van der Waals surface area contributed by atoms with Crippen LogP contribution in [0.4, 0.5) is 0 Å². The lowest BCUT2D eigenvalue weighted by Crippen LogP contribution is -2.63. The van der Waals surface area contributed by atoms with E-state index < -0.39 is 131 Å². The van der Waals surface area contributed by atoms with Crippen LogP contribution >= 0.6 is 0 Å². The first-order valence-corrected chi connectivity index (χ1v) is 40.3. The van der Waals surface area contributed by atoms with Crippen LogP contribution in [-0.4, -0.2) is 226 Å². The number of aromatic hydroxyl groups is 1. The number of pyridine rings is 1. The van der Waals surface area contributed by atoms with Crippen LogP contribution in [0.15, 0.2) is 114 Å². The summed E-state index contributed by atoms with van der Waals surface area (Å²) in [5.41, 5.74) is 8.88. The van der Waals surface area contributed by atoms with Gasteiger partial charge in [0, 0.05) is 48.4 Å². The molecule has 5 saturated heterocycles. The van der Waals surface area contributed by atoms with Crippen LogP contribution in [-0.2, 0) is 59.3 Å². The van der Waals surface area contributed by atoms with Gasteiger partial charge in [0.05, 0.1) is 87.1 Å². The fourth-order valence-electron chi connectivity index (χ4n) is 16.9. The van der Waals surface area contributed by atoms with Gasteiger partial charge < -0.3 is 94.8 Å². The van der Waals surface area contributed by atoms with Crippen LogP contribution in [0.2, 0.25) is 0 Å². The number of primary sulfonamides is 1. The summed E-state index contributed by atoms with van der Waals surface area (Å²) in [6.07, 6.45) is -0.599. The number of amides is 5. The number of carbonyl (C=O) groups is 6. The number of rotatable bonds is 23. The number of aliphatic hydroxyl groups excluding tert-OH is 3. The second-order valence-electron chi connectivity index (χ2n) is 31.2. The number of hydrogen-bond acceptors (Lipinski definition) is 25. The van der Waals surface area contributed by atoms with Crippen molar-refractivity contribution < 1.29 is 105 Å². The predicted octanol–water partition coefficient (Wildman–Crippen LogP) is 4.99. The number of phenolic OH excluding ortho intramolecular Hbond substituents is 1. The summed E-state index contributed by atoms with van der Waals surface area (Å²) in [4.78, 5) is 87.3. The third kappa shape index (κ3) is 19.6. The van der Waals surface area contributed by atoms with Gasteiger partial charge in [-0.1, -0.05) is 80.8 Å². The minimum atomic E-state index is -3.87. The number of likely N-dealkylation sites (N-methyl/N-ethyl adjacent to an activating group) is 1. The van der Waals surface area contributed by atoms with Crippen molar-refractivity contribution in [3.05, 3.63) is 143 Å². The van der Waals surface area contributed by atoms with Gasteiger partial charge in [-0.3, -0.25) is 38.6 Å². The van der Waals surface area contributed by atoms with E-state index in [9.17, 15) is 57.6 Å². The largest absolute Gasteiger partial charge is 0.502 e. The van der Waals surface area contributed by atoms with Gasteiger partial charge in [-0.15, -0.1) is 0 Å². The van der Waals surface area contributed by atoms with Gasteiger partial charge in [-0.2, -0.15) is 0 Å². The Balaban J connectivity index is 0.000000168. The molecule has 8 aliphatic rings. The molecule has 0 spiro atoms. The number of cyclic esters (lactones) is 1. The molecule has 32 heteroatoms. The lowest BCUT2D eigenvalue weighted by atomic mass is 9.66. The first-order chi connectivity index (χ1) is 54.5. The van der Waals surface area contributed by atoms with Crippen molar-refractivity contribution in [3.8, 4) is 34.5 Å². The molecule has 1 saturated carbocycles. The third-order valence-corrected chi connectivity index (χ3v) is 23.5. The second kappa shape index (κ2) is 36.7. The number of fused-ring (bicyclic) bond motifs is 6. The van der Waals surface area contributed by atoms with E-state index in [1.807, 2.05) is 69.3 Å². The van der Waals surface area contributed by atoms with Gasteiger partial charge in [0.1, 0.15) is 41.9 Å². The Bertz CT molecular complexity index is 4530. The topological polar surface area (TPSA) is 429 Å². The molecule has 6 aliphatic heterocycles. The summed E-state index contributed by atoms with van der Waals surface area (Å²) in [6.45, 7) is 13.3. The number of benzene rings is 5. The van der Waals surface area contributed by atoms with E-state index in [0.29, 0.717) is 70.4 Å². The molecule has 6 aromatic rings. The smallest absolute Gasteiger partial charge is 0.310 e. The highest BCUT2D eigenvalue weighted by atomic mass is 32.2. The fourth-order valence-corrected chi connectivity index (χ4v) is 17.4. The zero-order chi connectivity index (χ0) is 81.4. The van der Waals surface area contributed by atoms with Crippen molar-refractivity contribution >= 4 is 56.4 Å². The number of aromatic nitrogens is 1. The van der Waals surface area contributed by atoms with Gasteiger partial charge in [-0.25, -0.2) is 18.5 Å². The van der Waals surface area contributed by atoms with Gasteiger partial charge >= 0.3 is 5.97 Å². The highest BCUT2D eigenvalue weighted by Crippen LogP contribution is 2.57. The number of carbonyl (C=O) groups excluding carboxylic acids is 6. The number of piperidine rings is 1. The number of nitrogens with two attached hydrogens (primary N) is 2. The fraction of sp³-hybridized carbons (Fsp3) is 0.524. The van der Waals surface area contributed by atoms with Crippen LogP contribution in [0.5, 0.6) is 34.5 Å². The van der Waals surface area contributed by atoms with Crippen molar-refractivity contribution in [2.75, 3.05) is 74.1 Å². The summed E-state index contributed by atoms with van der Waals surface area (Å²) in [5.74, 6) is -2.27. The number of phenols is 1. The Morgan fingerprint density at radius 1 is 0.772 bits per heavy atom. The summed E-state index contributed by atoms with van der Waals surface area (Å²) in [6, 6.07) is 28.9. The SMILES string of the molecule is CC(C)(C)NC(=O)[C@@H]1C[C@@H]2CCCC[C@@H]2CN1C[C@@H](O)[C@H](Cc1ccccc1)NC(=O)[C@H](CC(N)=O)NC(=O)c1ccc2ccccc2n1.CCN1CCCC1CNC(=O)c1cc(S(N)(=O)=O)ccc1OC.COc1cc([C@@H]2c3cc4c(cc3[C@@H](O[C@@H]3O[C@@H]5CO[C@@H](C)O[C@H]5[C@H](O)[C@H]3O)[C@H]3COC(=O)[C@H]23)OCO4)cc(OC)c1O. The monoisotopic (exact) mass is 1600 g/mol. The molecule has 5 aromatic carbocycles. The molecule has 17 atom stereocenters. The molecule has 1 aromatic heterocycles. The van der Waals surface area contributed by atoms with Crippen molar-refractivity contribution in [3.63, 3.8) is 0 Å². The van der Waals surface area contributed by atoms with Crippen LogP contribution in [0.1, 0.15) is 141 Å². The van der Waals surface area contributed by atoms with Crippen molar-refractivity contribution in [1.82, 2.24) is 36.1 Å². The highest BCUT2D eigenvalue weighted by molar-refractivity contribution is 7.89. The predicted molar refractivity (Wildman–Crippen MR) is 414 cm³/mol. The number of esters is 1. The number of β-amino-alcohol motifs (C(OH)–C–C–N with tert-alkyl or cyclic N) is 1. The maximum absolute atomic E-state index is 13.8. The lowest BCUT2D eigenvalue weighted by Gasteiger charge is -2.47. The first kappa shape index (κ1) is 84.1. The van der Waals surface area contributed by atoms with E-state index in [1.54, 1.807) is 49.4 Å². The molecule has 7 heterocycles. The molecule has 1 unspecified atom stereocenters. The molecule has 0 bridgehead atoms. The number of para-hydroxylation sites is 1. The number of nitrogens with zero attached hydrogens (tertiary/aromatic N) is 3. The number of likely N-dealkylation sites (tertiary alicyclic amines) is 2. The number of hydrogen-bond donors (Lipinski definition) is 10. The molecule has 12 N–H and O–H groups in total. The van der Waals surface area contributed by atoms with E-state index >= 15 is 0 Å². The van der Waals surface area contributed by atoms with Crippen LogP contribution in [0, 0.1) is 23.7 Å². The van der Waals surface area contributed by atoms with Crippen LogP contribution in [0.3, 0.4) is 0 Å². The molecule has 616 valence electrons. The summed E-state index contributed by atoms with van der Waals surface area (Å²) < 4.78 is 79.6. The second-order valence-corrected chi connectivity index (χ2v) is 32.8. The van der Waals surface area contributed by atoms with E-state index in [1.165, 1.54) is 45.9 Å². The van der Waals surface area contributed by atoms with E-state index in [2.05, 4.69) is 43.0 Å². The van der Waals surface area contributed by atoms with Crippen LogP contribution in [0.25, 0.3) is 10.9 Å². The molecule has 2 aliphatic carbocycles. The average molecular weight is 1600 g/mol. The minimum absolute atomic E-state index is 0.0301. The molecule has 114 heavy (non-hydrogen) atoms. The molecular weight excluding hydrogens is 1500 g/mol. The summed E-state index contributed by atoms with van der Waals surface area (Å²) in [7, 11) is 0.418. The number of nitrogens with one attached hydrogen (secondary N) is 4. The highest BCUT2D eigenvalue weighted by Gasteiger charge is 2.56. The van der Waals surface area contributed by atoms with E-state index in [0.717, 1.165) is 62.6 Å². The molecule has 31 nitrogen and oxygen atoms in total. The normalized spacial score (nSPS) is 26.5. The molecule has 14 rings (SSSR count). The van der Waals surface area contributed by atoms with Crippen LogP contribution < -0.4 is 55.8 Å². The number of aliphatic hydroxyl groups is 3. The maximum Gasteiger partial charge on any atom is 0.310 e. The van der Waals surface area contributed by atoms with E-state index in [-0.39, 0.29) is 78.2 Å². The van der Waals surface area contributed by atoms with Gasteiger partial charge in [-0.05, 0) is 162 Å². The Morgan fingerprint density at radius 3 is 2.15 bits per heavy atom. The summed E-state index contributed by atoms with van der Waals surface area (Å²) in [5, 5.41) is 61.9. The third-order valence-electron chi connectivity index (χ3n) is 22.6. The average Bonchev–Trinajstić information content (AvgIpc) is 1.48. The summed E-state index contributed by atoms with van der Waals surface area (Å²) >= 11 is 0. The molecule has 0 radical (unpaired) electrons. The number of methoxy groups -OCH3 is 3. The van der Waals surface area contributed by atoms with E-state index in [4.69, 9.17) is 58.2 Å². The number of ether oxygens (including phenoxy) is 10. The number of primary amides is 1. The minimum Gasteiger partial charge on any atom is -0.502 e. The molecular formula is C82H105N9O22S. The van der Waals surface area contributed by atoms with Crippen molar-refractivity contribution in [2.24, 2.45) is 34.5 Å². The van der Waals surface area contributed by atoms with Gasteiger partial charge in [0.15, 0.2) is 35.6 Å². The Kier molecular flexibility index (Phi) is 27.0. The van der Waals surface area contributed by atoms with Gasteiger partial charge in [0.25, 0.3) is 11.8 Å². The van der Waals surface area contributed by atoms with Crippen molar-refractivity contribution in [2.45, 2.75) is 182 Å². The molecule has 5 amide bonds. The maximum atomic E-state index is 13.8. The lowest BCUT2D eigenvalue weighted by molar-refractivity contribution is -0.364. The Morgan fingerprint density at radius 2 is 1.46 bits per heavy atom. The quantitative estimate of drug-likeness (QED) is 0.0378. The zero-order valence-electron chi connectivity index (χ0n) is 65.3. The number of sulfonamides is 1. The standard InChI is InChI=1S/C38H50N6O5.C29H32O13.C15H23N3O4S/c1-38(2,3)43-37(49)32-20-26-14-7-8-15-27(26)22-44(32)23-33(45)30(19-24-11-5-4-6-12-24)41-36(48)31(21-34(39)46)42-35(47)29-18-17-25-13-9-10-16-28(25)40-29;1-11-36-9-20-27(40-11)24(31)25(32)29(41-20)42-26-14-7-17-16(38-10-39-17)6-13(14)21(22-15(26)8-37-28(22)33)12-4-18(34-2)23(30)19(5-12)35-3;1-3-18-8-4-5-11(18)10-17-15(19)13-9-12(23(16,20)21)6-7-14(13)22-2/h4-6,9-13,16-18,26-27,30-33,45H,7-8,14-15,19-23H2,1-3H3,(H2,39,46)(H,41,48)(H,42,47)(H,43,49);4-7,11,15,20-22,24-27,29-32H,8-10H2,1-3H3;6-7,9,11H,3-5,8,10H2,1-2H3,(H,17,19)(H2,16,20,21)/t26-,27+,30-,31-,32-,33+;11-,15+,20-,21-,22+,24-,25-,26-,27-,29+;/m01./s1. The first-order valence-electron chi connectivity index (χ1n) is 38.8. The molecule has 6 fully saturated rings. The Hall–Kier alpha value is -9.32. The van der Waals surface area contributed by atoms with Gasteiger partial charge in [0.2, 0.25) is 40.3 Å². The zero-order valence-corrected chi connectivity index (χ0v) is 66.1.